The molecule has 0 radical (unpaired) electrons. The maximum atomic E-state index is 5.41. The van der Waals surface area contributed by atoms with Crippen LogP contribution in [0.5, 0.6) is 0 Å². The molecule has 6 aromatic carbocycles. The summed E-state index contributed by atoms with van der Waals surface area (Å²) in [7, 11) is 0. The van der Waals surface area contributed by atoms with Crippen molar-refractivity contribution in [3.63, 3.8) is 0 Å². The van der Waals surface area contributed by atoms with E-state index < -0.39 is 0 Å². The fraction of sp³-hybridized carbons (Fsp3) is 0. The van der Waals surface area contributed by atoms with E-state index >= 15 is 0 Å². The summed E-state index contributed by atoms with van der Waals surface area (Å²) in [4.78, 5) is 10.6. The van der Waals surface area contributed by atoms with Gasteiger partial charge in [-0.2, -0.15) is 0 Å². The van der Waals surface area contributed by atoms with Crippen molar-refractivity contribution in [2.45, 2.75) is 0 Å². The first-order valence-corrected chi connectivity index (χ1v) is 16.8. The largest absolute Gasteiger partial charge is 0.292 e. The average molecular weight is 615 g/mol. The van der Waals surface area contributed by atoms with Crippen LogP contribution < -0.4 is 0 Å². The SMILES string of the molecule is c1ccc2c(c1)-c1cccc3nc(-n4c5ccccc5c5ccc6c(sc7c8ccccc8c8nc9ccccc9n8c67)c54)cc-2c13. The Hall–Kier alpha value is -6.04. The number of fused-ring (bicyclic) bond motifs is 17. The Balaban J connectivity index is 1.30. The van der Waals surface area contributed by atoms with Crippen LogP contribution in [0.4, 0.5) is 0 Å². The Morgan fingerprint density at radius 1 is 0.447 bits per heavy atom. The van der Waals surface area contributed by atoms with Gasteiger partial charge in [0, 0.05) is 32.3 Å². The number of aromatic nitrogens is 4. The molecule has 5 aromatic heterocycles. The normalized spacial score (nSPS) is 12.7. The highest BCUT2D eigenvalue weighted by Gasteiger charge is 2.26. The molecule has 216 valence electrons. The van der Waals surface area contributed by atoms with Crippen LogP contribution in [0.25, 0.3) is 109 Å². The van der Waals surface area contributed by atoms with Crippen LogP contribution >= 0.6 is 11.3 Å². The molecule has 0 unspecified atom stereocenters. The number of thiophene rings is 1. The molecule has 1 aliphatic rings. The van der Waals surface area contributed by atoms with E-state index in [-0.39, 0.29) is 0 Å². The molecule has 47 heavy (non-hydrogen) atoms. The molecule has 1 aliphatic carbocycles. The van der Waals surface area contributed by atoms with E-state index in [4.69, 9.17) is 9.97 Å². The molecule has 5 heteroatoms. The molecule has 0 bridgehead atoms. The van der Waals surface area contributed by atoms with E-state index in [0.717, 1.165) is 33.5 Å². The first-order chi connectivity index (χ1) is 23.3. The Bertz CT molecular complexity index is 3190. The van der Waals surface area contributed by atoms with Gasteiger partial charge in [0.1, 0.15) is 11.5 Å². The van der Waals surface area contributed by atoms with Gasteiger partial charge in [0.25, 0.3) is 0 Å². The van der Waals surface area contributed by atoms with Gasteiger partial charge in [-0.05, 0) is 52.6 Å². The lowest BCUT2D eigenvalue weighted by atomic mass is 10.1. The predicted molar refractivity (Wildman–Crippen MR) is 197 cm³/mol. The van der Waals surface area contributed by atoms with Crippen molar-refractivity contribution in [2.75, 3.05) is 0 Å². The van der Waals surface area contributed by atoms with E-state index in [1.54, 1.807) is 0 Å². The lowest BCUT2D eigenvalue weighted by Crippen LogP contribution is -1.98. The number of benzene rings is 6. The minimum atomic E-state index is 0.945. The summed E-state index contributed by atoms with van der Waals surface area (Å²) >= 11 is 1.89. The van der Waals surface area contributed by atoms with Gasteiger partial charge in [0.05, 0.1) is 42.5 Å². The van der Waals surface area contributed by atoms with E-state index in [2.05, 4.69) is 142 Å². The van der Waals surface area contributed by atoms with Crippen molar-refractivity contribution in [1.29, 1.82) is 0 Å². The molecule has 5 heterocycles. The molecule has 0 atom stereocenters. The van der Waals surface area contributed by atoms with Crippen LogP contribution in [0.2, 0.25) is 0 Å². The third kappa shape index (κ3) is 2.90. The monoisotopic (exact) mass is 614 g/mol. The Labute approximate surface area is 271 Å². The highest BCUT2D eigenvalue weighted by atomic mass is 32.1. The Kier molecular flexibility index (Phi) is 4.33. The maximum Gasteiger partial charge on any atom is 0.146 e. The number of pyridine rings is 2. The van der Waals surface area contributed by atoms with Gasteiger partial charge in [-0.3, -0.25) is 8.97 Å². The molecule has 0 N–H and O–H groups in total. The van der Waals surface area contributed by atoms with Gasteiger partial charge >= 0.3 is 0 Å². The van der Waals surface area contributed by atoms with Crippen molar-refractivity contribution < 1.29 is 0 Å². The van der Waals surface area contributed by atoms with Gasteiger partial charge in [-0.25, -0.2) is 9.97 Å². The summed E-state index contributed by atoms with van der Waals surface area (Å²) in [6, 6.07) is 48.2. The molecule has 12 rings (SSSR count). The average Bonchev–Trinajstić information content (AvgIpc) is 3.87. The third-order valence-corrected chi connectivity index (χ3v) is 11.5. The molecular weight excluding hydrogens is 593 g/mol. The Morgan fingerprint density at radius 2 is 1.11 bits per heavy atom. The van der Waals surface area contributed by atoms with E-state index in [9.17, 15) is 0 Å². The lowest BCUT2D eigenvalue weighted by molar-refractivity contribution is 1.11. The predicted octanol–water partition coefficient (Wildman–Crippen LogP) is 11.3. The van der Waals surface area contributed by atoms with Crippen LogP contribution in [0, 0.1) is 0 Å². The number of para-hydroxylation sites is 3. The summed E-state index contributed by atoms with van der Waals surface area (Å²) in [6.45, 7) is 0. The van der Waals surface area contributed by atoms with E-state index in [0.29, 0.717) is 0 Å². The lowest BCUT2D eigenvalue weighted by Gasteiger charge is -2.11. The molecule has 11 aromatic rings. The zero-order valence-electron chi connectivity index (χ0n) is 24.9. The molecule has 0 amide bonds. The summed E-state index contributed by atoms with van der Waals surface area (Å²) < 4.78 is 7.34. The number of nitrogens with zero attached hydrogens (tertiary/aromatic N) is 4. The van der Waals surface area contributed by atoms with Crippen LogP contribution in [-0.4, -0.2) is 18.9 Å². The number of hydrogen-bond acceptors (Lipinski definition) is 3. The smallest absolute Gasteiger partial charge is 0.146 e. The van der Waals surface area contributed by atoms with Crippen molar-refractivity contribution in [3.8, 4) is 28.1 Å². The van der Waals surface area contributed by atoms with Gasteiger partial charge in [0.15, 0.2) is 0 Å². The zero-order chi connectivity index (χ0) is 30.4. The third-order valence-electron chi connectivity index (χ3n) is 10.2. The first kappa shape index (κ1) is 24.2. The highest BCUT2D eigenvalue weighted by Crippen LogP contribution is 2.49. The van der Waals surface area contributed by atoms with Crippen LogP contribution in [0.3, 0.4) is 0 Å². The summed E-state index contributed by atoms with van der Waals surface area (Å²) in [5.41, 5.74) is 12.8. The topological polar surface area (TPSA) is 35.1 Å². The molecular formula is C42H22N4S. The highest BCUT2D eigenvalue weighted by molar-refractivity contribution is 7.27. The summed E-state index contributed by atoms with van der Waals surface area (Å²) in [6.07, 6.45) is 0. The van der Waals surface area contributed by atoms with Gasteiger partial charge in [-0.15, -0.1) is 11.3 Å². The summed E-state index contributed by atoms with van der Waals surface area (Å²) in [5, 5.41) is 7.36. The quantitative estimate of drug-likeness (QED) is 0.184. The number of imidazole rings is 1. The van der Waals surface area contributed by atoms with Crippen molar-refractivity contribution in [2.24, 2.45) is 0 Å². The number of rotatable bonds is 1. The van der Waals surface area contributed by atoms with Crippen molar-refractivity contribution in [3.05, 3.63) is 133 Å². The molecule has 0 spiro atoms. The van der Waals surface area contributed by atoms with Crippen LogP contribution in [0.1, 0.15) is 0 Å². The van der Waals surface area contributed by atoms with E-state index in [1.807, 2.05) is 11.3 Å². The summed E-state index contributed by atoms with van der Waals surface area (Å²) in [5.74, 6) is 0.945. The first-order valence-electron chi connectivity index (χ1n) is 15.9. The van der Waals surface area contributed by atoms with Gasteiger partial charge in [-0.1, -0.05) is 103 Å². The van der Waals surface area contributed by atoms with Crippen LogP contribution in [-0.2, 0) is 0 Å². The molecule has 0 fully saturated rings. The second-order valence-corrected chi connectivity index (χ2v) is 13.6. The fourth-order valence-electron chi connectivity index (χ4n) is 8.32. The molecule has 0 aliphatic heterocycles. The van der Waals surface area contributed by atoms with Crippen LogP contribution in [0.15, 0.2) is 133 Å². The minimum absolute atomic E-state index is 0.945. The van der Waals surface area contributed by atoms with Crippen molar-refractivity contribution in [1.82, 2.24) is 18.9 Å². The molecule has 4 nitrogen and oxygen atoms in total. The number of hydrogen-bond donors (Lipinski definition) is 0. The van der Waals surface area contributed by atoms with Crippen molar-refractivity contribution >= 4 is 91.8 Å². The maximum absolute atomic E-state index is 5.41. The standard InChI is InChI=1S/C42H22N4S/c1-2-11-24-23(10-1)26-15-9-17-33-37(26)31(24)22-36(43-33)45-34-18-7-5-12-25(34)27-20-21-30-39-40(47-41(30)38(27)45)28-13-3-4-14-29(28)42-44-32-16-6-8-19-35(32)46(39)42/h1-22H. The fourth-order valence-corrected chi connectivity index (χ4v) is 9.68. The Morgan fingerprint density at radius 3 is 2.00 bits per heavy atom. The molecule has 0 saturated carbocycles. The van der Waals surface area contributed by atoms with Gasteiger partial charge in [0.2, 0.25) is 0 Å². The molecule has 0 saturated heterocycles. The second kappa shape index (κ2) is 8.40. The second-order valence-electron chi connectivity index (χ2n) is 12.5. The zero-order valence-corrected chi connectivity index (χ0v) is 25.7. The van der Waals surface area contributed by atoms with Gasteiger partial charge < -0.3 is 0 Å². The minimum Gasteiger partial charge on any atom is -0.292 e. The van der Waals surface area contributed by atoms with E-state index in [1.165, 1.54) is 75.0 Å².